The van der Waals surface area contributed by atoms with Gasteiger partial charge in [0.2, 0.25) is 5.91 Å². The topological polar surface area (TPSA) is 104 Å². The summed E-state index contributed by atoms with van der Waals surface area (Å²) in [6, 6.07) is 43.0. The van der Waals surface area contributed by atoms with Gasteiger partial charge in [0.1, 0.15) is 0 Å². The number of rotatable bonds is 15. The summed E-state index contributed by atoms with van der Waals surface area (Å²) in [5.41, 5.74) is 4.77. The van der Waals surface area contributed by atoms with Crippen molar-refractivity contribution in [3.8, 4) is 0 Å². The van der Waals surface area contributed by atoms with Crippen LogP contribution in [0.2, 0.25) is 0 Å². The van der Waals surface area contributed by atoms with Crippen LogP contribution in [0.25, 0.3) is 32.3 Å². The van der Waals surface area contributed by atoms with Gasteiger partial charge in [-0.3, -0.25) is 9.59 Å². The molecule has 0 aliphatic rings. The molecule has 440 valence electrons. The summed E-state index contributed by atoms with van der Waals surface area (Å²) in [5.74, 6) is -1.76. The summed E-state index contributed by atoms with van der Waals surface area (Å²) in [5, 5.41) is 17.1. The smallest absolute Gasteiger partial charge is 0.416 e. The number of benzene rings is 9. The predicted octanol–water partition coefficient (Wildman–Crippen LogP) is 18.2. The van der Waals surface area contributed by atoms with Crippen LogP contribution in [0.15, 0.2) is 200 Å². The first kappa shape index (κ1) is 49.0. The van der Waals surface area contributed by atoms with E-state index in [0.717, 1.165) is 47.2 Å². The second kappa shape index (κ2) is 31.9. The van der Waals surface area contributed by atoms with Crippen molar-refractivity contribution in [3.63, 3.8) is 0 Å². The molecule has 17 heteroatoms. The molecule has 0 aromatic heterocycles. The lowest BCUT2D eigenvalue weighted by Gasteiger charge is -2.17. The third-order valence-electron chi connectivity index (χ3n) is 12.2. The number of nitrogens with two attached hydrogens (primary N) is 1. The Morgan fingerprint density at radius 3 is 1.27 bits per heavy atom. The normalized spacial score (nSPS) is 16.6. The Kier molecular flexibility index (Phi) is 18.8. The first-order valence-corrected chi connectivity index (χ1v) is 24.9. The van der Waals surface area contributed by atoms with Crippen LogP contribution in [0.1, 0.15) is 127 Å². The Labute approximate surface area is 509 Å². The fourth-order valence-electron chi connectivity index (χ4n) is 8.26. The second-order valence-electron chi connectivity index (χ2n) is 18.1. The molecule has 83 heavy (non-hydrogen) atoms. The van der Waals surface area contributed by atoms with Gasteiger partial charge in [-0.25, -0.2) is 0 Å². The quantitative estimate of drug-likeness (QED) is 0.0766. The first-order chi connectivity index (χ1) is 43.9. The summed E-state index contributed by atoms with van der Waals surface area (Å²) >= 11 is 0. The number of aliphatic carboxylic acids is 1. The highest BCUT2D eigenvalue weighted by molar-refractivity contribution is 5.88. The van der Waals surface area contributed by atoms with Gasteiger partial charge >= 0.3 is 24.5 Å². The van der Waals surface area contributed by atoms with E-state index in [2.05, 4.69) is 10.6 Å². The lowest BCUT2D eigenvalue weighted by atomic mass is 9.99. The number of carbonyl (C=O) groups excluding carboxylic acids is 1. The third kappa shape index (κ3) is 21.1. The van der Waals surface area contributed by atoms with Crippen molar-refractivity contribution in [2.75, 3.05) is 6.50 Å². The molecule has 0 spiro atoms. The Morgan fingerprint density at radius 2 is 0.855 bits per heavy atom. The number of aryl methyl sites for hydroxylation is 3. The van der Waals surface area contributed by atoms with E-state index in [9.17, 15) is 49.1 Å². The fourth-order valence-corrected chi connectivity index (χ4v) is 8.26. The third-order valence-corrected chi connectivity index (χ3v) is 12.2. The highest BCUT2D eigenvalue weighted by Gasteiger charge is 2.32. The minimum absolute atomic E-state index is 0. The molecule has 1 amide bonds. The molecule has 0 radical (unpaired) electrons. The van der Waals surface area contributed by atoms with Crippen molar-refractivity contribution in [2.24, 2.45) is 5.73 Å². The van der Waals surface area contributed by atoms with E-state index >= 15 is 0 Å². The number of alkyl halides is 9. The monoisotopic (exact) mass is 1200 g/mol. The Balaban J connectivity index is 0.000000286. The van der Waals surface area contributed by atoms with E-state index in [4.69, 9.17) is 30.0 Å². The van der Waals surface area contributed by atoms with E-state index in [1.807, 2.05) is 18.2 Å². The Bertz CT molecular complexity index is 4110. The lowest BCUT2D eigenvalue weighted by Crippen LogP contribution is -2.27. The first-order valence-electron chi connectivity index (χ1n) is 31.9. The molecular formula is C66H66Cl2F9N3O3. The molecule has 0 aliphatic carbocycles. The zero-order valence-electron chi connectivity index (χ0n) is 57.9. The van der Waals surface area contributed by atoms with Gasteiger partial charge in [0.25, 0.3) is 0 Å². The fraction of sp³-hybridized carbons (Fsp3) is 0.242. The minimum atomic E-state index is -4.51. The van der Waals surface area contributed by atoms with E-state index in [-0.39, 0.29) is 80.0 Å². The minimum Gasteiger partial charge on any atom is -0.481 e. The van der Waals surface area contributed by atoms with Gasteiger partial charge in [-0.05, 0) is 137 Å². The van der Waals surface area contributed by atoms with Crippen molar-refractivity contribution in [1.82, 2.24) is 10.6 Å². The van der Waals surface area contributed by atoms with Crippen molar-refractivity contribution in [3.05, 3.63) is 250 Å². The zero-order valence-corrected chi connectivity index (χ0v) is 45.5. The number of fused-ring (bicyclic) bond motifs is 3. The summed E-state index contributed by atoms with van der Waals surface area (Å²) < 4.78 is 226. The number of halogens is 11. The lowest BCUT2D eigenvalue weighted by molar-refractivity contribution is -0.138. The van der Waals surface area contributed by atoms with Gasteiger partial charge in [-0.2, -0.15) is 39.5 Å². The number of amides is 1. The second-order valence-corrected chi connectivity index (χ2v) is 18.1. The van der Waals surface area contributed by atoms with Crippen LogP contribution in [-0.4, -0.2) is 23.5 Å². The summed E-state index contributed by atoms with van der Waals surface area (Å²) in [4.78, 5) is 22.8. The number of carbonyl (C=O) groups is 2. The summed E-state index contributed by atoms with van der Waals surface area (Å²) in [7, 11) is 0. The number of hydrogen-bond donors (Lipinski definition) is 4. The van der Waals surface area contributed by atoms with Crippen LogP contribution in [0.5, 0.6) is 0 Å². The standard InChI is InChI=1S/C22H20F3NO.C22H22F3N.C12H13N.C10H9F3O2.2ClH/c1-15(19-11-5-8-17-7-2-3-10-20(17)19)26-21(27)13-12-16-6-4-9-18(14-16)22(23,24)25;1-16(20-13-5-10-18-9-2-3-12-21(18)20)26-14-6-8-17-7-4-11-19(15-17)22(23,24)25;1-9(13)11-8-4-6-10-5-2-3-7-12(10)11;11-10(12,13)8-3-1-2-7(6-8)4-5-9(14)15;;/h2-11,14-15H,12-13H2,1H3,(H,26,27);2-5,7,9-13,15-16,26H,6,8,14H2,1H3;2-9H,13H2,1H3;1-3,6H,4-5H2,(H,14,15);2*1H/t15-;16-;9-;;;/m111.../s1/i1D3,15D;1D3,14D2,16D;1D3,9D;;;. The number of nitrogens with one attached hydrogen (secondary N) is 2. The van der Waals surface area contributed by atoms with Gasteiger partial charge in [-0.1, -0.05) is 182 Å². The molecule has 9 rings (SSSR count). The van der Waals surface area contributed by atoms with E-state index in [0.29, 0.717) is 38.2 Å². The largest absolute Gasteiger partial charge is 0.481 e. The van der Waals surface area contributed by atoms with E-state index in [1.54, 1.807) is 97.1 Å². The number of carboxylic acids is 1. The highest BCUT2D eigenvalue weighted by Crippen LogP contribution is 2.33. The van der Waals surface area contributed by atoms with Gasteiger partial charge in [0.05, 0.1) is 26.8 Å². The molecule has 0 saturated heterocycles. The molecule has 3 atom stereocenters. The molecule has 0 aliphatic heterocycles. The van der Waals surface area contributed by atoms with Crippen LogP contribution < -0.4 is 16.4 Å². The molecule has 0 saturated carbocycles. The van der Waals surface area contributed by atoms with Crippen LogP contribution in [0, 0.1) is 0 Å². The van der Waals surface area contributed by atoms with Gasteiger partial charge in [0, 0.05) is 40.0 Å². The molecule has 0 fully saturated rings. The van der Waals surface area contributed by atoms with Gasteiger partial charge < -0.3 is 21.5 Å². The maximum Gasteiger partial charge on any atom is 0.416 e. The maximum absolute atomic E-state index is 12.9. The van der Waals surface area contributed by atoms with Crippen LogP contribution >= 0.6 is 24.8 Å². The molecule has 5 N–H and O–H groups in total. The SMILES string of the molecule is Cl.Cl.O=C(O)CCc1cccc(C(F)(F)F)c1.[2H]C([2H])(CCc1cccc(C(F)(F)F)c1)N[C@@]([2H])(c1cccc2ccccc12)C([2H])([2H])[2H].[2H]C([2H])([2H])[C@@]([2H])(N)c1cccc2ccccc12.[2H]C([2H])([2H])[C@@]([2H])(NC(=O)CCc1cccc(C(F)(F)F)c1)c1cccc2ccccc12. The van der Waals surface area contributed by atoms with Crippen molar-refractivity contribution in [2.45, 2.75) is 95.7 Å². The van der Waals surface area contributed by atoms with Crippen LogP contribution in [0.3, 0.4) is 0 Å². The highest BCUT2D eigenvalue weighted by atomic mass is 35.5. The number of carboxylic acid groups (broad SMARTS) is 1. The van der Waals surface area contributed by atoms with Gasteiger partial charge in [-0.15, -0.1) is 24.8 Å². The predicted molar refractivity (Wildman–Crippen MR) is 319 cm³/mol. The molecule has 9 aromatic rings. The summed E-state index contributed by atoms with van der Waals surface area (Å²) in [6.45, 7) is -10.7. The van der Waals surface area contributed by atoms with Crippen LogP contribution in [0.4, 0.5) is 39.5 Å². The Hall–Kier alpha value is -7.43. The van der Waals surface area contributed by atoms with Crippen molar-refractivity contribution >= 4 is 69.0 Å². The average Bonchev–Trinajstić information content (AvgIpc) is 0.772. The maximum atomic E-state index is 12.9. The molecule has 0 heterocycles. The van der Waals surface area contributed by atoms with Crippen molar-refractivity contribution < 1.29 is 73.4 Å². The summed E-state index contributed by atoms with van der Waals surface area (Å²) in [6.07, 6.45) is -14.1. The molecule has 9 aromatic carbocycles. The van der Waals surface area contributed by atoms with Gasteiger partial charge in [0.15, 0.2) is 0 Å². The van der Waals surface area contributed by atoms with E-state index in [1.165, 1.54) is 48.5 Å². The molecule has 0 unspecified atom stereocenters. The molecule has 6 nitrogen and oxygen atoms in total. The Morgan fingerprint density at radius 1 is 0.494 bits per heavy atom. The van der Waals surface area contributed by atoms with E-state index < -0.39 is 92.2 Å². The van der Waals surface area contributed by atoms with Crippen molar-refractivity contribution in [1.29, 1.82) is 0 Å². The number of hydrogen-bond acceptors (Lipinski definition) is 4. The average molecular weight is 1210 g/mol. The zero-order chi connectivity index (χ0) is 70.8. The molecule has 0 bridgehead atoms. The van der Waals surface area contributed by atoms with Crippen LogP contribution in [-0.2, 0) is 47.4 Å². The molecular weight excluding hydrogens is 1120 g/mol.